The molecule has 108 valence electrons. The molecule has 0 aromatic carbocycles. The summed E-state index contributed by atoms with van der Waals surface area (Å²) in [5, 5.41) is 11.8. The third-order valence-electron chi connectivity index (χ3n) is 3.42. The Kier molecular flexibility index (Phi) is 6.60. The molecule has 1 aliphatic carbocycles. The molecule has 0 saturated heterocycles. The van der Waals surface area contributed by atoms with Gasteiger partial charge in [-0.05, 0) is 37.0 Å². The van der Waals surface area contributed by atoms with Crippen LogP contribution in [-0.2, 0) is 9.59 Å². The molecule has 1 unspecified atom stereocenters. The van der Waals surface area contributed by atoms with Crippen LogP contribution >= 0.6 is 0 Å². The molecule has 0 aromatic rings. The standard InChI is InChI=1S/C15H25NO3/c1-11(2)7-13(9-15(18)19)10-16-14(17)8-12-5-3-4-6-12/h3,5,11-13H,4,6-10H2,1-2H3,(H,16,17)(H,18,19)/t12?,13-/m0/s1. The number of carboxylic acids is 1. The largest absolute Gasteiger partial charge is 0.481 e. The topological polar surface area (TPSA) is 66.4 Å². The van der Waals surface area contributed by atoms with E-state index in [-0.39, 0.29) is 18.2 Å². The number of nitrogens with one attached hydrogen (secondary N) is 1. The summed E-state index contributed by atoms with van der Waals surface area (Å²) in [6.07, 6.45) is 7.81. The van der Waals surface area contributed by atoms with Gasteiger partial charge in [-0.1, -0.05) is 26.0 Å². The molecule has 0 radical (unpaired) electrons. The van der Waals surface area contributed by atoms with Crippen LogP contribution in [0.1, 0.15) is 46.0 Å². The molecule has 2 N–H and O–H groups in total. The van der Waals surface area contributed by atoms with Crippen LogP contribution < -0.4 is 5.32 Å². The van der Waals surface area contributed by atoms with Crippen LogP contribution in [0.25, 0.3) is 0 Å². The molecule has 0 aliphatic heterocycles. The van der Waals surface area contributed by atoms with Gasteiger partial charge in [-0.25, -0.2) is 0 Å². The van der Waals surface area contributed by atoms with Crippen LogP contribution in [0.3, 0.4) is 0 Å². The Balaban J connectivity index is 2.30. The van der Waals surface area contributed by atoms with Gasteiger partial charge in [-0.3, -0.25) is 9.59 Å². The van der Waals surface area contributed by atoms with Gasteiger partial charge >= 0.3 is 5.97 Å². The van der Waals surface area contributed by atoms with Crippen molar-refractivity contribution < 1.29 is 14.7 Å². The minimum atomic E-state index is -0.793. The van der Waals surface area contributed by atoms with Gasteiger partial charge in [0.2, 0.25) is 5.91 Å². The predicted octanol–water partition coefficient (Wildman–Crippen LogP) is 2.60. The van der Waals surface area contributed by atoms with Crippen LogP contribution in [0, 0.1) is 17.8 Å². The van der Waals surface area contributed by atoms with Gasteiger partial charge in [0.1, 0.15) is 0 Å². The number of aliphatic carboxylic acids is 1. The number of allylic oxidation sites excluding steroid dienone is 2. The maximum absolute atomic E-state index is 11.8. The average molecular weight is 267 g/mol. The number of carbonyl (C=O) groups is 2. The zero-order valence-corrected chi connectivity index (χ0v) is 11.9. The van der Waals surface area contributed by atoms with Gasteiger partial charge < -0.3 is 10.4 Å². The van der Waals surface area contributed by atoms with Crippen molar-refractivity contribution in [3.8, 4) is 0 Å². The van der Waals surface area contributed by atoms with E-state index in [4.69, 9.17) is 5.11 Å². The zero-order chi connectivity index (χ0) is 14.3. The zero-order valence-electron chi connectivity index (χ0n) is 11.9. The van der Waals surface area contributed by atoms with E-state index >= 15 is 0 Å². The van der Waals surface area contributed by atoms with Crippen LogP contribution in [0.2, 0.25) is 0 Å². The van der Waals surface area contributed by atoms with E-state index < -0.39 is 5.97 Å². The first-order chi connectivity index (χ1) is 8.97. The first-order valence-electron chi connectivity index (χ1n) is 7.12. The van der Waals surface area contributed by atoms with E-state index in [0.717, 1.165) is 19.3 Å². The fourth-order valence-electron chi connectivity index (χ4n) is 2.59. The first kappa shape index (κ1) is 15.7. The van der Waals surface area contributed by atoms with Gasteiger partial charge in [0.05, 0.1) is 0 Å². The fraction of sp³-hybridized carbons (Fsp3) is 0.733. The molecule has 0 spiro atoms. The molecule has 0 heterocycles. The van der Waals surface area contributed by atoms with E-state index in [9.17, 15) is 9.59 Å². The number of rotatable bonds is 8. The highest BCUT2D eigenvalue weighted by atomic mass is 16.4. The molecule has 1 amide bonds. The number of hydrogen-bond donors (Lipinski definition) is 2. The molecule has 0 fully saturated rings. The average Bonchev–Trinajstić information content (AvgIpc) is 2.77. The molecular weight excluding hydrogens is 242 g/mol. The summed E-state index contributed by atoms with van der Waals surface area (Å²) in [7, 11) is 0. The summed E-state index contributed by atoms with van der Waals surface area (Å²) in [6, 6.07) is 0. The summed E-state index contributed by atoms with van der Waals surface area (Å²) in [5.41, 5.74) is 0. The SMILES string of the molecule is CC(C)C[C@H](CNC(=O)CC1C=CCC1)CC(=O)O. The van der Waals surface area contributed by atoms with Crippen LogP contribution in [0.15, 0.2) is 12.2 Å². The second-order valence-electron chi connectivity index (χ2n) is 5.87. The Labute approximate surface area is 115 Å². The molecule has 2 atom stereocenters. The molecule has 1 aliphatic rings. The number of carbonyl (C=O) groups excluding carboxylic acids is 1. The fourth-order valence-corrected chi connectivity index (χ4v) is 2.59. The van der Waals surface area contributed by atoms with Gasteiger partial charge in [0.15, 0.2) is 0 Å². The van der Waals surface area contributed by atoms with Crippen molar-refractivity contribution in [3.63, 3.8) is 0 Å². The first-order valence-corrected chi connectivity index (χ1v) is 7.12. The lowest BCUT2D eigenvalue weighted by molar-refractivity contribution is -0.138. The van der Waals surface area contributed by atoms with Crippen molar-refractivity contribution >= 4 is 11.9 Å². The Hall–Kier alpha value is -1.32. The van der Waals surface area contributed by atoms with Crippen molar-refractivity contribution in [3.05, 3.63) is 12.2 Å². The van der Waals surface area contributed by atoms with Gasteiger partial charge in [0.25, 0.3) is 0 Å². The molecule has 0 aromatic heterocycles. The lowest BCUT2D eigenvalue weighted by atomic mass is 9.94. The lowest BCUT2D eigenvalue weighted by Crippen LogP contribution is -2.31. The highest BCUT2D eigenvalue weighted by Crippen LogP contribution is 2.20. The Morgan fingerprint density at radius 2 is 2.16 bits per heavy atom. The predicted molar refractivity (Wildman–Crippen MR) is 74.7 cm³/mol. The molecule has 1 rings (SSSR count). The van der Waals surface area contributed by atoms with Gasteiger partial charge in [-0.15, -0.1) is 0 Å². The smallest absolute Gasteiger partial charge is 0.303 e. The van der Waals surface area contributed by atoms with E-state index in [0.29, 0.717) is 24.8 Å². The molecule has 4 heteroatoms. The third kappa shape index (κ3) is 6.99. The third-order valence-corrected chi connectivity index (χ3v) is 3.42. The Morgan fingerprint density at radius 3 is 2.68 bits per heavy atom. The maximum atomic E-state index is 11.8. The Morgan fingerprint density at radius 1 is 1.42 bits per heavy atom. The second-order valence-corrected chi connectivity index (χ2v) is 5.87. The number of carboxylic acid groups (broad SMARTS) is 1. The summed E-state index contributed by atoms with van der Waals surface area (Å²) in [4.78, 5) is 22.6. The normalized spacial score (nSPS) is 19.6. The van der Waals surface area contributed by atoms with Crippen molar-refractivity contribution in [2.45, 2.75) is 46.0 Å². The van der Waals surface area contributed by atoms with Gasteiger partial charge in [-0.2, -0.15) is 0 Å². The quantitative estimate of drug-likeness (QED) is 0.664. The minimum absolute atomic E-state index is 0.0283. The molecule has 0 bridgehead atoms. The van der Waals surface area contributed by atoms with Gasteiger partial charge in [0, 0.05) is 19.4 Å². The summed E-state index contributed by atoms with van der Waals surface area (Å²) in [5.74, 6) is 0.0805. The lowest BCUT2D eigenvalue weighted by Gasteiger charge is -2.18. The monoisotopic (exact) mass is 267 g/mol. The maximum Gasteiger partial charge on any atom is 0.303 e. The summed E-state index contributed by atoms with van der Waals surface area (Å²) >= 11 is 0. The Bertz CT molecular complexity index is 336. The summed E-state index contributed by atoms with van der Waals surface area (Å²) in [6.45, 7) is 4.61. The molecule has 4 nitrogen and oxygen atoms in total. The second kappa shape index (κ2) is 7.97. The molecule has 0 saturated carbocycles. The van der Waals surface area contributed by atoms with Crippen LogP contribution in [0.4, 0.5) is 0 Å². The van der Waals surface area contributed by atoms with Crippen molar-refractivity contribution in [2.24, 2.45) is 17.8 Å². The van der Waals surface area contributed by atoms with E-state index in [2.05, 4.69) is 31.3 Å². The van der Waals surface area contributed by atoms with E-state index in [1.807, 2.05) is 0 Å². The van der Waals surface area contributed by atoms with Crippen molar-refractivity contribution in [2.75, 3.05) is 6.54 Å². The molecular formula is C15H25NO3. The van der Waals surface area contributed by atoms with E-state index in [1.54, 1.807) is 0 Å². The van der Waals surface area contributed by atoms with E-state index in [1.165, 1.54) is 0 Å². The van der Waals surface area contributed by atoms with Crippen LogP contribution in [0.5, 0.6) is 0 Å². The van der Waals surface area contributed by atoms with Crippen molar-refractivity contribution in [1.29, 1.82) is 0 Å². The van der Waals surface area contributed by atoms with Crippen molar-refractivity contribution in [1.82, 2.24) is 5.32 Å². The number of amides is 1. The summed E-state index contributed by atoms with van der Waals surface area (Å²) < 4.78 is 0. The molecule has 19 heavy (non-hydrogen) atoms. The van der Waals surface area contributed by atoms with Crippen LogP contribution in [-0.4, -0.2) is 23.5 Å². The minimum Gasteiger partial charge on any atom is -0.481 e. The number of hydrogen-bond acceptors (Lipinski definition) is 2. The highest BCUT2D eigenvalue weighted by molar-refractivity contribution is 5.76. The highest BCUT2D eigenvalue weighted by Gasteiger charge is 2.18.